The molecule has 34 heavy (non-hydrogen) atoms. The standard InChI is InChI=1S/C26H23BrN2O5/c1-15-3-2-4-21-23(15)25(32)29(24(21)31)19-9-11-20(12-10-19)34-26(33)16-13-22(30)28(14-16)18-7-5-17(27)6-8-18/h2-3,5-12,15-16,21,23H,4,13-14H2,1H3/t15-,16-,21+,23+/m1/s1. The van der Waals surface area contributed by atoms with Gasteiger partial charge in [-0.15, -0.1) is 0 Å². The van der Waals surface area contributed by atoms with Gasteiger partial charge in [-0.1, -0.05) is 35.0 Å². The van der Waals surface area contributed by atoms with Gasteiger partial charge in [0, 0.05) is 23.1 Å². The van der Waals surface area contributed by atoms with Crippen molar-refractivity contribution < 1.29 is 23.9 Å². The van der Waals surface area contributed by atoms with Crippen molar-refractivity contribution in [2.45, 2.75) is 19.8 Å². The van der Waals surface area contributed by atoms with Crippen LogP contribution in [-0.2, 0) is 19.2 Å². The van der Waals surface area contributed by atoms with Crippen molar-refractivity contribution in [1.29, 1.82) is 0 Å². The first-order valence-corrected chi connectivity index (χ1v) is 12.0. The molecule has 3 amide bonds. The van der Waals surface area contributed by atoms with E-state index >= 15 is 0 Å². The molecule has 1 aliphatic carbocycles. The highest BCUT2D eigenvalue weighted by molar-refractivity contribution is 9.10. The van der Waals surface area contributed by atoms with Gasteiger partial charge < -0.3 is 9.64 Å². The molecule has 2 saturated heterocycles. The summed E-state index contributed by atoms with van der Waals surface area (Å²) < 4.78 is 6.42. The molecule has 0 saturated carbocycles. The lowest BCUT2D eigenvalue weighted by molar-refractivity contribution is -0.139. The minimum Gasteiger partial charge on any atom is -0.426 e. The molecule has 7 nitrogen and oxygen atoms in total. The molecule has 0 N–H and O–H groups in total. The highest BCUT2D eigenvalue weighted by Gasteiger charge is 2.50. The Morgan fingerprint density at radius 3 is 2.32 bits per heavy atom. The number of hydrogen-bond acceptors (Lipinski definition) is 5. The van der Waals surface area contributed by atoms with Crippen molar-refractivity contribution in [3.63, 3.8) is 0 Å². The Morgan fingerprint density at radius 1 is 0.971 bits per heavy atom. The number of carbonyl (C=O) groups excluding carboxylic acids is 4. The Balaban J connectivity index is 1.25. The van der Waals surface area contributed by atoms with E-state index in [2.05, 4.69) is 15.9 Å². The van der Waals surface area contributed by atoms with Gasteiger partial charge in [0.1, 0.15) is 5.75 Å². The molecule has 5 rings (SSSR count). The average molecular weight is 523 g/mol. The third-order valence-corrected chi connectivity index (χ3v) is 7.31. The monoisotopic (exact) mass is 522 g/mol. The summed E-state index contributed by atoms with van der Waals surface area (Å²) in [6.45, 7) is 2.21. The van der Waals surface area contributed by atoms with E-state index in [1.165, 1.54) is 4.90 Å². The number of rotatable bonds is 4. The minimum atomic E-state index is -0.574. The molecule has 2 aromatic carbocycles. The number of fused-ring (bicyclic) bond motifs is 1. The van der Waals surface area contributed by atoms with Crippen LogP contribution in [0.1, 0.15) is 19.8 Å². The van der Waals surface area contributed by atoms with Crippen molar-refractivity contribution >= 4 is 51.0 Å². The number of anilines is 2. The number of ether oxygens (including phenoxy) is 1. The third-order valence-electron chi connectivity index (χ3n) is 6.78. The van der Waals surface area contributed by atoms with Crippen LogP contribution in [0.25, 0.3) is 0 Å². The summed E-state index contributed by atoms with van der Waals surface area (Å²) in [5.41, 5.74) is 1.20. The summed E-state index contributed by atoms with van der Waals surface area (Å²) in [5.74, 6) is -1.89. The summed E-state index contributed by atoms with van der Waals surface area (Å²) in [6, 6.07) is 13.7. The lowest BCUT2D eigenvalue weighted by Gasteiger charge is -2.22. The van der Waals surface area contributed by atoms with E-state index in [9.17, 15) is 19.2 Å². The van der Waals surface area contributed by atoms with E-state index in [1.54, 1.807) is 29.2 Å². The molecular weight excluding hydrogens is 500 g/mol. The molecule has 174 valence electrons. The number of imide groups is 1. The molecule has 2 aromatic rings. The fourth-order valence-electron chi connectivity index (χ4n) is 5.00. The zero-order valence-corrected chi connectivity index (χ0v) is 20.1. The summed E-state index contributed by atoms with van der Waals surface area (Å²) in [5, 5.41) is 0. The van der Waals surface area contributed by atoms with Crippen LogP contribution in [0.5, 0.6) is 5.75 Å². The first-order chi connectivity index (χ1) is 16.3. The number of carbonyl (C=O) groups is 4. The van der Waals surface area contributed by atoms with Gasteiger partial charge >= 0.3 is 5.97 Å². The smallest absolute Gasteiger partial charge is 0.316 e. The summed E-state index contributed by atoms with van der Waals surface area (Å²) in [4.78, 5) is 53.8. The highest BCUT2D eigenvalue weighted by Crippen LogP contribution is 2.40. The summed E-state index contributed by atoms with van der Waals surface area (Å²) in [6.07, 6.45) is 4.61. The van der Waals surface area contributed by atoms with Crippen LogP contribution >= 0.6 is 15.9 Å². The van der Waals surface area contributed by atoms with Crippen LogP contribution in [0.15, 0.2) is 65.2 Å². The topological polar surface area (TPSA) is 84.0 Å². The van der Waals surface area contributed by atoms with Gasteiger partial charge in [0.05, 0.1) is 23.4 Å². The normalized spacial score (nSPS) is 26.2. The van der Waals surface area contributed by atoms with Crippen molar-refractivity contribution in [3.8, 4) is 5.75 Å². The fourth-order valence-corrected chi connectivity index (χ4v) is 5.27. The molecule has 0 radical (unpaired) electrons. The van der Waals surface area contributed by atoms with E-state index in [4.69, 9.17) is 4.74 Å². The zero-order valence-electron chi connectivity index (χ0n) is 18.5. The SMILES string of the molecule is C[C@@H]1C=CC[C@@H]2C(=O)N(c3ccc(OC(=O)[C@@H]4CC(=O)N(c5ccc(Br)cc5)C4)cc3)C(=O)[C@@H]12. The highest BCUT2D eigenvalue weighted by atomic mass is 79.9. The number of halogens is 1. The van der Waals surface area contributed by atoms with Crippen molar-refractivity contribution in [2.75, 3.05) is 16.3 Å². The summed E-state index contributed by atoms with van der Waals surface area (Å²) >= 11 is 3.37. The van der Waals surface area contributed by atoms with Gasteiger partial charge in [0.25, 0.3) is 0 Å². The van der Waals surface area contributed by atoms with Crippen LogP contribution in [0.3, 0.4) is 0 Å². The zero-order chi connectivity index (χ0) is 24.0. The second kappa shape index (κ2) is 8.83. The minimum absolute atomic E-state index is 0.0199. The number of amides is 3. The first-order valence-electron chi connectivity index (χ1n) is 11.3. The van der Waals surface area contributed by atoms with Crippen LogP contribution in [0.4, 0.5) is 11.4 Å². The number of esters is 1. The third kappa shape index (κ3) is 3.96. The second-order valence-electron chi connectivity index (χ2n) is 8.96. The van der Waals surface area contributed by atoms with Gasteiger partial charge in [0.2, 0.25) is 17.7 Å². The number of nitrogens with zero attached hydrogens (tertiary/aromatic N) is 2. The Morgan fingerprint density at radius 2 is 1.65 bits per heavy atom. The fraction of sp³-hybridized carbons (Fsp3) is 0.308. The molecular formula is C26H23BrN2O5. The number of benzene rings is 2. The summed E-state index contributed by atoms with van der Waals surface area (Å²) in [7, 11) is 0. The van der Waals surface area contributed by atoms with Crippen molar-refractivity contribution in [1.82, 2.24) is 0 Å². The van der Waals surface area contributed by atoms with E-state index in [0.717, 1.165) is 10.2 Å². The van der Waals surface area contributed by atoms with Crippen LogP contribution in [0.2, 0.25) is 0 Å². The van der Waals surface area contributed by atoms with Gasteiger partial charge in [-0.3, -0.25) is 24.1 Å². The molecule has 2 aliphatic heterocycles. The van der Waals surface area contributed by atoms with Crippen molar-refractivity contribution in [2.24, 2.45) is 23.7 Å². The molecule has 8 heteroatoms. The maximum absolute atomic E-state index is 12.9. The van der Waals surface area contributed by atoms with E-state index < -0.39 is 11.9 Å². The van der Waals surface area contributed by atoms with Crippen molar-refractivity contribution in [3.05, 3.63) is 65.2 Å². The molecule has 0 spiro atoms. The molecule has 0 aromatic heterocycles. The van der Waals surface area contributed by atoms with E-state index in [1.807, 2.05) is 43.3 Å². The second-order valence-corrected chi connectivity index (χ2v) is 9.88. The molecule has 0 unspecified atom stereocenters. The lowest BCUT2D eigenvalue weighted by Crippen LogP contribution is -2.31. The van der Waals surface area contributed by atoms with Crippen LogP contribution in [0, 0.1) is 23.7 Å². The average Bonchev–Trinajstić information content (AvgIpc) is 3.33. The first kappa shape index (κ1) is 22.5. The van der Waals surface area contributed by atoms with Crippen LogP contribution in [-0.4, -0.2) is 30.2 Å². The van der Waals surface area contributed by atoms with E-state index in [0.29, 0.717) is 17.9 Å². The maximum Gasteiger partial charge on any atom is 0.316 e. The lowest BCUT2D eigenvalue weighted by atomic mass is 9.78. The molecule has 2 fully saturated rings. The predicted octanol–water partition coefficient (Wildman–Crippen LogP) is 4.11. The Hall–Kier alpha value is -3.26. The van der Waals surface area contributed by atoms with Gasteiger partial charge in [-0.2, -0.15) is 0 Å². The van der Waals surface area contributed by atoms with Gasteiger partial charge in [-0.25, -0.2) is 0 Å². The Labute approximate surface area is 205 Å². The molecule has 0 bridgehead atoms. The molecule has 3 aliphatic rings. The van der Waals surface area contributed by atoms with Gasteiger partial charge in [-0.05, 0) is 60.9 Å². The Bertz CT molecular complexity index is 1190. The number of allylic oxidation sites excluding steroid dienone is 2. The number of hydrogen-bond donors (Lipinski definition) is 0. The Kier molecular flexibility index (Phi) is 5.85. The quantitative estimate of drug-likeness (QED) is 0.261. The van der Waals surface area contributed by atoms with Gasteiger partial charge in [0.15, 0.2) is 0 Å². The predicted molar refractivity (Wildman–Crippen MR) is 129 cm³/mol. The maximum atomic E-state index is 12.9. The largest absolute Gasteiger partial charge is 0.426 e. The van der Waals surface area contributed by atoms with Crippen LogP contribution < -0.4 is 14.5 Å². The molecule has 4 atom stereocenters. The van der Waals surface area contributed by atoms with E-state index in [-0.39, 0.29) is 48.4 Å². The molecule has 2 heterocycles.